The van der Waals surface area contributed by atoms with Crippen LogP contribution in [-0.4, -0.2) is 36.5 Å². The van der Waals surface area contributed by atoms with Crippen molar-refractivity contribution in [2.45, 2.75) is 37.7 Å². The van der Waals surface area contributed by atoms with Gasteiger partial charge in [-0.15, -0.1) is 0 Å². The fourth-order valence-corrected chi connectivity index (χ4v) is 3.42. The van der Waals surface area contributed by atoms with Crippen LogP contribution in [0.4, 0.5) is 0 Å². The van der Waals surface area contributed by atoms with Gasteiger partial charge in [0.25, 0.3) is 0 Å². The Kier molecular flexibility index (Phi) is 5.28. The molecule has 0 saturated heterocycles. The maximum absolute atomic E-state index is 12.5. The number of hydrogen-bond donors (Lipinski definition) is 1. The highest BCUT2D eigenvalue weighted by molar-refractivity contribution is 7.89. The molecule has 0 atom stereocenters. The quantitative estimate of drug-likeness (QED) is 0.863. The van der Waals surface area contributed by atoms with Gasteiger partial charge < -0.3 is 5.11 Å². The number of aliphatic hydroxyl groups is 1. The van der Waals surface area contributed by atoms with E-state index in [1.165, 1.54) is 16.4 Å². The van der Waals surface area contributed by atoms with Gasteiger partial charge >= 0.3 is 0 Å². The smallest absolute Gasteiger partial charge is 0.243 e. The van der Waals surface area contributed by atoms with Crippen molar-refractivity contribution in [2.75, 3.05) is 13.1 Å². The molecule has 110 valence electrons. The first-order valence-corrected chi connectivity index (χ1v) is 7.83. The molecule has 6 heteroatoms. The number of sulfonamides is 1. The Morgan fingerprint density at radius 3 is 2.25 bits per heavy atom. The second-order valence-electron chi connectivity index (χ2n) is 5.22. The van der Waals surface area contributed by atoms with E-state index < -0.39 is 15.6 Å². The van der Waals surface area contributed by atoms with Crippen molar-refractivity contribution in [2.24, 2.45) is 0 Å². The van der Waals surface area contributed by atoms with E-state index in [-0.39, 0.29) is 24.4 Å². The first kappa shape index (κ1) is 16.6. The standard InChI is InChI=1S/C14H20N2O3S/c1-4-16(11-14(2,3)17)20(18,19)13-7-5-12(6-8-13)9-10-15/h5-8,17H,4,9,11H2,1-3H3. The zero-order valence-corrected chi connectivity index (χ0v) is 12.8. The largest absolute Gasteiger partial charge is 0.389 e. The summed E-state index contributed by atoms with van der Waals surface area (Å²) < 4.78 is 26.2. The summed E-state index contributed by atoms with van der Waals surface area (Å²) in [6, 6.07) is 8.27. The van der Waals surface area contributed by atoms with Crippen LogP contribution in [0.3, 0.4) is 0 Å². The van der Waals surface area contributed by atoms with Gasteiger partial charge in [-0.2, -0.15) is 9.57 Å². The molecular weight excluding hydrogens is 276 g/mol. The lowest BCUT2D eigenvalue weighted by Gasteiger charge is -2.27. The Bertz CT molecular complexity index is 580. The molecule has 0 bridgehead atoms. The molecule has 0 aliphatic carbocycles. The van der Waals surface area contributed by atoms with Gasteiger partial charge in [-0.25, -0.2) is 8.42 Å². The van der Waals surface area contributed by atoms with Crippen LogP contribution in [0.15, 0.2) is 29.2 Å². The highest BCUT2D eigenvalue weighted by Gasteiger charge is 2.28. The second kappa shape index (κ2) is 6.35. The topological polar surface area (TPSA) is 81.4 Å². The molecule has 1 rings (SSSR count). The predicted molar refractivity (Wildman–Crippen MR) is 76.5 cm³/mol. The highest BCUT2D eigenvalue weighted by atomic mass is 32.2. The molecule has 0 radical (unpaired) electrons. The zero-order chi connectivity index (χ0) is 15.4. The molecule has 0 spiro atoms. The van der Waals surface area contributed by atoms with Crippen molar-refractivity contribution in [3.8, 4) is 6.07 Å². The van der Waals surface area contributed by atoms with Crippen molar-refractivity contribution in [3.63, 3.8) is 0 Å². The van der Waals surface area contributed by atoms with Gasteiger partial charge in [0.2, 0.25) is 10.0 Å². The number of nitrogens with zero attached hydrogens (tertiary/aromatic N) is 2. The first-order valence-electron chi connectivity index (χ1n) is 6.39. The zero-order valence-electron chi connectivity index (χ0n) is 12.0. The maximum atomic E-state index is 12.5. The summed E-state index contributed by atoms with van der Waals surface area (Å²) >= 11 is 0. The highest BCUT2D eigenvalue weighted by Crippen LogP contribution is 2.19. The molecule has 0 amide bonds. The molecule has 5 nitrogen and oxygen atoms in total. The van der Waals surface area contributed by atoms with Gasteiger partial charge in [-0.3, -0.25) is 0 Å². The molecule has 0 unspecified atom stereocenters. The summed E-state index contributed by atoms with van der Waals surface area (Å²) in [5.41, 5.74) is -0.318. The summed E-state index contributed by atoms with van der Waals surface area (Å²) in [4.78, 5) is 0.172. The third-order valence-electron chi connectivity index (χ3n) is 2.76. The maximum Gasteiger partial charge on any atom is 0.243 e. The molecule has 1 aromatic rings. The minimum absolute atomic E-state index is 0.0335. The van der Waals surface area contributed by atoms with Crippen LogP contribution in [0.25, 0.3) is 0 Å². The van der Waals surface area contributed by atoms with Crippen LogP contribution < -0.4 is 0 Å². The van der Waals surface area contributed by atoms with E-state index in [1.54, 1.807) is 32.9 Å². The van der Waals surface area contributed by atoms with Crippen LogP contribution in [0, 0.1) is 11.3 Å². The van der Waals surface area contributed by atoms with Gasteiger partial charge in [0, 0.05) is 13.1 Å². The summed E-state index contributed by atoms with van der Waals surface area (Å²) in [7, 11) is -3.63. The third-order valence-corrected chi connectivity index (χ3v) is 4.70. The molecule has 0 saturated carbocycles. The van der Waals surface area contributed by atoms with E-state index in [9.17, 15) is 13.5 Å². The molecule has 1 N–H and O–H groups in total. The van der Waals surface area contributed by atoms with Gasteiger partial charge in [0.1, 0.15) is 0 Å². The van der Waals surface area contributed by atoms with Crippen LogP contribution in [0.2, 0.25) is 0 Å². The van der Waals surface area contributed by atoms with Crippen molar-refractivity contribution in [3.05, 3.63) is 29.8 Å². The lowest BCUT2D eigenvalue weighted by molar-refractivity contribution is 0.0601. The first-order chi connectivity index (χ1) is 9.20. The van der Waals surface area contributed by atoms with Crippen molar-refractivity contribution in [1.29, 1.82) is 5.26 Å². The van der Waals surface area contributed by atoms with E-state index in [0.717, 1.165) is 5.56 Å². The van der Waals surface area contributed by atoms with Crippen LogP contribution in [0.5, 0.6) is 0 Å². The average Bonchev–Trinajstić information content (AvgIpc) is 2.36. The molecule has 0 fully saturated rings. The summed E-state index contributed by atoms with van der Waals surface area (Å²) in [5.74, 6) is 0. The molecule has 0 aliphatic rings. The third kappa shape index (κ3) is 4.30. The number of nitriles is 1. The van der Waals surface area contributed by atoms with Crippen molar-refractivity contribution >= 4 is 10.0 Å². The fourth-order valence-electron chi connectivity index (χ4n) is 1.82. The Labute approximate surface area is 120 Å². The Balaban J connectivity index is 3.05. The van der Waals surface area contributed by atoms with Crippen LogP contribution >= 0.6 is 0 Å². The molecule has 1 aromatic carbocycles. The minimum Gasteiger partial charge on any atom is -0.389 e. The average molecular weight is 296 g/mol. The summed E-state index contributed by atoms with van der Waals surface area (Å²) in [5, 5.41) is 18.4. The molecule has 0 heterocycles. The molecule has 0 aliphatic heterocycles. The number of hydrogen-bond acceptors (Lipinski definition) is 4. The van der Waals surface area contributed by atoms with Crippen molar-refractivity contribution < 1.29 is 13.5 Å². The fraction of sp³-hybridized carbons (Fsp3) is 0.500. The molecule has 0 aromatic heterocycles. The van der Waals surface area contributed by atoms with Crippen LogP contribution in [0.1, 0.15) is 26.3 Å². The van der Waals surface area contributed by atoms with Gasteiger partial charge in [-0.05, 0) is 31.5 Å². The lowest BCUT2D eigenvalue weighted by atomic mass is 10.1. The monoisotopic (exact) mass is 296 g/mol. The van der Waals surface area contributed by atoms with E-state index in [2.05, 4.69) is 0 Å². The normalized spacial score (nSPS) is 12.4. The van der Waals surface area contributed by atoms with Crippen molar-refractivity contribution in [1.82, 2.24) is 4.31 Å². The van der Waals surface area contributed by atoms with E-state index in [0.29, 0.717) is 0 Å². The lowest BCUT2D eigenvalue weighted by Crippen LogP contribution is -2.42. The van der Waals surface area contributed by atoms with Gasteiger partial charge in [-0.1, -0.05) is 19.1 Å². The Hall–Kier alpha value is -1.42. The predicted octanol–water partition coefficient (Wildman–Crippen LogP) is 1.53. The molecular formula is C14H20N2O3S. The number of rotatable bonds is 6. The summed E-state index contributed by atoms with van der Waals surface area (Å²) in [6.07, 6.45) is 0.251. The number of benzene rings is 1. The Morgan fingerprint density at radius 2 is 1.85 bits per heavy atom. The minimum atomic E-state index is -3.63. The van der Waals surface area contributed by atoms with Crippen LogP contribution in [-0.2, 0) is 16.4 Å². The van der Waals surface area contributed by atoms with Gasteiger partial charge in [0.05, 0.1) is 23.0 Å². The van der Waals surface area contributed by atoms with E-state index in [1.807, 2.05) is 6.07 Å². The second-order valence-corrected chi connectivity index (χ2v) is 7.16. The SMILES string of the molecule is CCN(CC(C)(C)O)S(=O)(=O)c1ccc(CC#N)cc1. The van der Waals surface area contributed by atoms with E-state index in [4.69, 9.17) is 5.26 Å². The van der Waals surface area contributed by atoms with Gasteiger partial charge in [0.15, 0.2) is 0 Å². The molecule has 20 heavy (non-hydrogen) atoms. The number of likely N-dealkylation sites (N-methyl/N-ethyl adjacent to an activating group) is 1. The van der Waals surface area contributed by atoms with E-state index >= 15 is 0 Å². The summed E-state index contributed by atoms with van der Waals surface area (Å²) in [6.45, 7) is 5.19. The Morgan fingerprint density at radius 1 is 1.30 bits per heavy atom.